The van der Waals surface area contributed by atoms with Gasteiger partial charge in [-0.2, -0.15) is 0 Å². The van der Waals surface area contributed by atoms with Gasteiger partial charge in [0.25, 0.3) is 11.8 Å². The zero-order valence-corrected chi connectivity index (χ0v) is 18.9. The van der Waals surface area contributed by atoms with Crippen molar-refractivity contribution in [3.63, 3.8) is 0 Å². The molecule has 2 aliphatic heterocycles. The molecule has 3 aromatic rings. The third-order valence-electron chi connectivity index (χ3n) is 6.47. The van der Waals surface area contributed by atoms with Crippen molar-refractivity contribution >= 4 is 22.6 Å². The zero-order valence-electron chi connectivity index (χ0n) is 18.9. The quantitative estimate of drug-likeness (QED) is 0.615. The van der Waals surface area contributed by atoms with Crippen LogP contribution in [-0.4, -0.2) is 49.7 Å². The average Bonchev–Trinajstić information content (AvgIpc) is 2.84. The van der Waals surface area contributed by atoms with Gasteiger partial charge in [0, 0.05) is 42.3 Å². The van der Waals surface area contributed by atoms with E-state index < -0.39 is 11.6 Å². The van der Waals surface area contributed by atoms with E-state index in [4.69, 9.17) is 14.2 Å². The molecule has 0 aliphatic carbocycles. The van der Waals surface area contributed by atoms with Gasteiger partial charge in [0.1, 0.15) is 17.2 Å². The van der Waals surface area contributed by atoms with Crippen molar-refractivity contribution < 1.29 is 23.8 Å². The first-order chi connectivity index (χ1) is 16.0. The molecule has 2 aliphatic rings. The lowest BCUT2D eigenvalue weighted by Crippen LogP contribution is -2.64. The lowest BCUT2D eigenvalue weighted by atomic mass is 9.93. The van der Waals surface area contributed by atoms with E-state index in [9.17, 15) is 9.59 Å². The van der Waals surface area contributed by atoms with Gasteiger partial charge in [-0.15, -0.1) is 0 Å². The summed E-state index contributed by atoms with van der Waals surface area (Å²) in [4.78, 5) is 29.1. The maximum absolute atomic E-state index is 14.0. The van der Waals surface area contributed by atoms with E-state index in [0.29, 0.717) is 54.3 Å². The molecule has 2 heterocycles. The number of hydrogen-bond acceptors (Lipinski definition) is 6. The first-order valence-electron chi connectivity index (χ1n) is 11.0. The SMILES string of the molecule is COc1cc(C(=O)N2C(=O)c3cc(C)ccc3OC23CCNCC3)cc2c(OC)cccc12. The van der Waals surface area contributed by atoms with E-state index in [1.165, 1.54) is 4.90 Å². The Balaban J connectivity index is 1.67. The van der Waals surface area contributed by atoms with Crippen molar-refractivity contribution in [2.24, 2.45) is 0 Å². The molecular weight excluding hydrogens is 420 g/mol. The van der Waals surface area contributed by atoms with Gasteiger partial charge < -0.3 is 19.5 Å². The van der Waals surface area contributed by atoms with Crippen molar-refractivity contribution in [1.82, 2.24) is 10.2 Å². The molecule has 5 rings (SSSR count). The molecule has 1 saturated heterocycles. The minimum Gasteiger partial charge on any atom is -0.496 e. The molecule has 170 valence electrons. The van der Waals surface area contributed by atoms with Gasteiger partial charge >= 0.3 is 0 Å². The molecular formula is C26H26N2O5. The number of amides is 2. The Bertz CT molecular complexity index is 1260. The van der Waals surface area contributed by atoms with Gasteiger partial charge in [-0.25, -0.2) is 4.90 Å². The molecule has 7 nitrogen and oxygen atoms in total. The fourth-order valence-electron chi connectivity index (χ4n) is 4.80. The minimum atomic E-state index is -1.04. The van der Waals surface area contributed by atoms with Crippen molar-refractivity contribution in [1.29, 1.82) is 0 Å². The molecule has 2 amide bonds. The largest absolute Gasteiger partial charge is 0.496 e. The van der Waals surface area contributed by atoms with Crippen LogP contribution in [0.1, 0.15) is 39.1 Å². The molecule has 0 radical (unpaired) electrons. The fourth-order valence-corrected chi connectivity index (χ4v) is 4.80. The molecule has 0 saturated carbocycles. The van der Waals surface area contributed by atoms with Crippen LogP contribution in [0.4, 0.5) is 0 Å². The number of carbonyl (C=O) groups is 2. The topological polar surface area (TPSA) is 77.1 Å². The summed E-state index contributed by atoms with van der Waals surface area (Å²) in [5, 5.41) is 4.86. The van der Waals surface area contributed by atoms with Crippen molar-refractivity contribution in [3.05, 3.63) is 65.2 Å². The number of carbonyl (C=O) groups excluding carboxylic acids is 2. The molecule has 1 N–H and O–H groups in total. The number of fused-ring (bicyclic) bond motifs is 2. The smallest absolute Gasteiger partial charge is 0.267 e. The first kappa shape index (κ1) is 21.3. The number of imide groups is 1. The summed E-state index contributed by atoms with van der Waals surface area (Å²) in [6.45, 7) is 3.20. The lowest BCUT2D eigenvalue weighted by Gasteiger charge is -2.48. The number of rotatable bonds is 3. The van der Waals surface area contributed by atoms with Crippen LogP contribution in [0.15, 0.2) is 48.5 Å². The summed E-state index contributed by atoms with van der Waals surface area (Å²) >= 11 is 0. The Labute approximate surface area is 192 Å². The number of nitrogens with zero attached hydrogens (tertiary/aromatic N) is 1. The van der Waals surface area contributed by atoms with Crippen LogP contribution >= 0.6 is 0 Å². The van der Waals surface area contributed by atoms with E-state index in [0.717, 1.165) is 16.3 Å². The summed E-state index contributed by atoms with van der Waals surface area (Å²) in [6, 6.07) is 14.6. The summed E-state index contributed by atoms with van der Waals surface area (Å²) in [6.07, 6.45) is 1.01. The summed E-state index contributed by atoms with van der Waals surface area (Å²) in [5.74, 6) is 0.926. The number of piperidine rings is 1. The van der Waals surface area contributed by atoms with Gasteiger partial charge in [-0.1, -0.05) is 23.8 Å². The maximum Gasteiger partial charge on any atom is 0.267 e. The highest BCUT2D eigenvalue weighted by Crippen LogP contribution is 2.41. The number of aryl methyl sites for hydroxylation is 1. The monoisotopic (exact) mass is 446 g/mol. The first-order valence-corrected chi connectivity index (χ1v) is 11.0. The normalized spacial score (nSPS) is 16.9. The second-order valence-corrected chi connectivity index (χ2v) is 8.48. The third kappa shape index (κ3) is 3.40. The number of hydrogen-bond donors (Lipinski definition) is 1. The molecule has 0 bridgehead atoms. The second-order valence-electron chi connectivity index (χ2n) is 8.48. The number of benzene rings is 3. The van der Waals surface area contributed by atoms with Crippen molar-refractivity contribution in [2.75, 3.05) is 27.3 Å². The van der Waals surface area contributed by atoms with E-state index >= 15 is 0 Å². The number of methoxy groups -OCH3 is 2. The van der Waals surface area contributed by atoms with Gasteiger partial charge in [-0.05, 0) is 37.3 Å². The molecule has 1 spiro atoms. The third-order valence-corrected chi connectivity index (χ3v) is 6.47. The van der Waals surface area contributed by atoms with Crippen LogP contribution in [0, 0.1) is 6.92 Å². The van der Waals surface area contributed by atoms with Crippen LogP contribution in [0.5, 0.6) is 17.2 Å². The van der Waals surface area contributed by atoms with Crippen molar-refractivity contribution in [2.45, 2.75) is 25.5 Å². The molecule has 3 aromatic carbocycles. The summed E-state index contributed by atoms with van der Waals surface area (Å²) < 4.78 is 17.5. The molecule has 33 heavy (non-hydrogen) atoms. The van der Waals surface area contributed by atoms with Crippen LogP contribution in [0.2, 0.25) is 0 Å². The Morgan fingerprint density at radius 1 is 1.00 bits per heavy atom. The van der Waals surface area contributed by atoms with E-state index in [1.54, 1.807) is 32.4 Å². The molecule has 0 atom stereocenters. The van der Waals surface area contributed by atoms with Crippen molar-refractivity contribution in [3.8, 4) is 17.2 Å². The van der Waals surface area contributed by atoms with E-state index in [-0.39, 0.29) is 5.91 Å². The number of ether oxygens (including phenoxy) is 3. The van der Waals surface area contributed by atoms with E-state index in [1.807, 2.05) is 37.3 Å². The Morgan fingerprint density at radius 2 is 1.76 bits per heavy atom. The Morgan fingerprint density at radius 3 is 2.48 bits per heavy atom. The van der Waals surface area contributed by atoms with Crippen LogP contribution in [0.3, 0.4) is 0 Å². The average molecular weight is 447 g/mol. The van der Waals surface area contributed by atoms with Gasteiger partial charge in [-0.3, -0.25) is 9.59 Å². The highest BCUT2D eigenvalue weighted by molar-refractivity contribution is 6.14. The highest BCUT2D eigenvalue weighted by atomic mass is 16.5. The van der Waals surface area contributed by atoms with E-state index in [2.05, 4.69) is 5.32 Å². The zero-order chi connectivity index (χ0) is 23.2. The number of nitrogens with one attached hydrogen (secondary N) is 1. The van der Waals surface area contributed by atoms with Gasteiger partial charge in [0.2, 0.25) is 0 Å². The van der Waals surface area contributed by atoms with Crippen LogP contribution in [-0.2, 0) is 0 Å². The second kappa shape index (κ2) is 8.08. The predicted molar refractivity (Wildman–Crippen MR) is 124 cm³/mol. The van der Waals surface area contributed by atoms with Crippen LogP contribution in [0.25, 0.3) is 10.8 Å². The minimum absolute atomic E-state index is 0.342. The Kier molecular flexibility index (Phi) is 5.21. The molecule has 1 fully saturated rings. The standard InChI is InChI=1S/C26H26N2O5/c1-16-7-8-22-20(13-16)25(30)28(26(33-22)9-11-27-12-10-26)24(29)17-14-19-18(23(15-17)32-3)5-4-6-21(19)31-2/h4-8,13-15,27H,9-12H2,1-3H3. The lowest BCUT2D eigenvalue weighted by molar-refractivity contribution is -0.0776. The fraction of sp³-hybridized carbons (Fsp3) is 0.308. The van der Waals surface area contributed by atoms with Crippen LogP contribution < -0.4 is 19.5 Å². The van der Waals surface area contributed by atoms with Gasteiger partial charge in [0.15, 0.2) is 5.72 Å². The van der Waals surface area contributed by atoms with Gasteiger partial charge in [0.05, 0.1) is 19.8 Å². The molecule has 0 aromatic heterocycles. The summed E-state index contributed by atoms with van der Waals surface area (Å²) in [7, 11) is 3.14. The predicted octanol–water partition coefficient (Wildman–Crippen LogP) is 3.92. The molecule has 0 unspecified atom stereocenters. The Hall–Kier alpha value is -3.58. The highest BCUT2D eigenvalue weighted by Gasteiger charge is 2.51. The molecule has 7 heteroatoms. The summed E-state index contributed by atoms with van der Waals surface area (Å²) in [5.41, 5.74) is 0.633. The maximum atomic E-state index is 14.0.